The fraction of sp³-hybridized carbons (Fsp3) is 0.318. The van der Waals surface area contributed by atoms with Gasteiger partial charge in [-0.1, -0.05) is 43.3 Å². The maximum atomic E-state index is 5.50. The number of hydrogen-bond acceptors (Lipinski definition) is 4. The number of ether oxygens (including phenoxy) is 1. The monoisotopic (exact) mass is 364 g/mol. The maximum Gasteiger partial charge on any atom is 0.182 e. The van der Waals surface area contributed by atoms with Crippen molar-refractivity contribution in [2.45, 2.75) is 26.2 Å². The third kappa shape index (κ3) is 3.10. The summed E-state index contributed by atoms with van der Waals surface area (Å²) in [5.74, 6) is 1.26. The first-order valence-corrected chi connectivity index (χ1v) is 9.85. The van der Waals surface area contributed by atoms with Gasteiger partial charge in [0.25, 0.3) is 0 Å². The van der Waals surface area contributed by atoms with Gasteiger partial charge in [0.05, 0.1) is 12.8 Å². The fourth-order valence-electron chi connectivity index (χ4n) is 4.15. The van der Waals surface area contributed by atoms with Crippen LogP contribution in [0.15, 0.2) is 53.9 Å². The maximum absolute atomic E-state index is 5.50. The minimum Gasteiger partial charge on any atom is -0.497 e. The van der Waals surface area contributed by atoms with Gasteiger partial charge < -0.3 is 10.1 Å². The minimum absolute atomic E-state index is 0.0790. The molecule has 3 aromatic rings. The topological polar surface area (TPSA) is 34.1 Å². The molecule has 0 saturated carbocycles. The third-order valence-corrected chi connectivity index (χ3v) is 6.27. The molecule has 0 fully saturated rings. The first-order valence-electron chi connectivity index (χ1n) is 8.97. The fourth-order valence-corrected chi connectivity index (χ4v) is 4.83. The second-order valence-electron chi connectivity index (χ2n) is 7.39. The van der Waals surface area contributed by atoms with E-state index in [2.05, 4.69) is 71.1 Å². The molecular weight excluding hydrogens is 340 g/mol. The van der Waals surface area contributed by atoms with Crippen LogP contribution in [-0.4, -0.2) is 18.6 Å². The van der Waals surface area contributed by atoms with Crippen LogP contribution < -0.4 is 10.1 Å². The van der Waals surface area contributed by atoms with E-state index < -0.39 is 0 Å². The molecule has 2 aromatic carbocycles. The number of nitrogens with zero attached hydrogens (tertiary/aromatic N) is 1. The molecule has 0 aliphatic heterocycles. The van der Waals surface area contributed by atoms with E-state index in [0.717, 1.165) is 29.5 Å². The van der Waals surface area contributed by atoms with Crippen molar-refractivity contribution in [1.82, 2.24) is 4.98 Å². The molecule has 1 aliphatic carbocycles. The molecule has 1 N–H and O–H groups in total. The lowest BCUT2D eigenvalue weighted by atomic mass is 9.74. The summed E-state index contributed by atoms with van der Waals surface area (Å²) in [6.45, 7) is 5.30. The molecule has 4 rings (SSSR count). The molecular formula is C22H24N2OS. The Labute approximate surface area is 159 Å². The molecule has 0 saturated heterocycles. The number of methoxy groups -OCH3 is 1. The van der Waals surface area contributed by atoms with Gasteiger partial charge in [-0.25, -0.2) is 4.98 Å². The quantitative estimate of drug-likeness (QED) is 0.670. The van der Waals surface area contributed by atoms with E-state index >= 15 is 0 Å². The van der Waals surface area contributed by atoms with Gasteiger partial charge in [0, 0.05) is 17.8 Å². The van der Waals surface area contributed by atoms with E-state index in [1.54, 1.807) is 18.4 Å². The summed E-state index contributed by atoms with van der Waals surface area (Å²) in [5.41, 5.74) is 5.31. The van der Waals surface area contributed by atoms with Crippen molar-refractivity contribution in [2.24, 2.45) is 5.41 Å². The van der Waals surface area contributed by atoms with Crippen molar-refractivity contribution in [3.05, 3.63) is 76.3 Å². The SMILES string of the molecule is COc1ccc2c(c1)[C@H](c1ccccc1)[C@](C)(CNc1nc(C)cs1)C2. The van der Waals surface area contributed by atoms with Crippen molar-refractivity contribution >= 4 is 16.5 Å². The number of benzene rings is 2. The van der Waals surface area contributed by atoms with Crippen molar-refractivity contribution < 1.29 is 4.74 Å². The van der Waals surface area contributed by atoms with E-state index in [9.17, 15) is 0 Å². The van der Waals surface area contributed by atoms with Crippen molar-refractivity contribution in [3.8, 4) is 5.75 Å². The number of aromatic nitrogens is 1. The zero-order chi connectivity index (χ0) is 18.1. The molecule has 3 nitrogen and oxygen atoms in total. The minimum atomic E-state index is 0.0790. The highest BCUT2D eigenvalue weighted by Crippen LogP contribution is 2.51. The number of aryl methyl sites for hydroxylation is 1. The van der Waals surface area contributed by atoms with Gasteiger partial charge in [-0.05, 0) is 47.6 Å². The standard InChI is InChI=1S/C22H24N2OS/c1-15-13-26-21(24-15)23-14-22(2)12-17-9-10-18(25-3)11-19(17)20(22)16-7-5-4-6-8-16/h4-11,13,20H,12,14H2,1-3H3,(H,23,24)/t20-,22-/m0/s1. The van der Waals surface area contributed by atoms with Gasteiger partial charge in [0.15, 0.2) is 5.13 Å². The van der Waals surface area contributed by atoms with Crippen LogP contribution in [0, 0.1) is 12.3 Å². The van der Waals surface area contributed by atoms with Crippen molar-refractivity contribution in [1.29, 1.82) is 0 Å². The van der Waals surface area contributed by atoms with E-state index in [1.165, 1.54) is 16.7 Å². The Bertz CT molecular complexity index is 906. The number of anilines is 1. The molecule has 1 aliphatic rings. The molecule has 0 amide bonds. The van der Waals surface area contributed by atoms with Crippen LogP contribution in [-0.2, 0) is 6.42 Å². The van der Waals surface area contributed by atoms with Crippen LogP contribution in [0.4, 0.5) is 5.13 Å². The van der Waals surface area contributed by atoms with Gasteiger partial charge in [-0.2, -0.15) is 0 Å². The van der Waals surface area contributed by atoms with Crippen LogP contribution >= 0.6 is 11.3 Å². The Morgan fingerprint density at radius 2 is 2.04 bits per heavy atom. The zero-order valence-corrected chi connectivity index (χ0v) is 16.3. The normalized spacial score (nSPS) is 21.4. The molecule has 134 valence electrons. The number of rotatable bonds is 5. The summed E-state index contributed by atoms with van der Waals surface area (Å²) in [7, 11) is 1.74. The molecule has 4 heteroatoms. The first-order chi connectivity index (χ1) is 12.6. The Kier molecular flexibility index (Phi) is 4.45. The average Bonchev–Trinajstić information content (AvgIpc) is 3.20. The molecule has 0 spiro atoms. The molecule has 0 bridgehead atoms. The Morgan fingerprint density at radius 3 is 2.73 bits per heavy atom. The lowest BCUT2D eigenvalue weighted by Crippen LogP contribution is -2.31. The molecule has 1 aromatic heterocycles. The number of fused-ring (bicyclic) bond motifs is 1. The number of thiazole rings is 1. The first kappa shape index (κ1) is 17.1. The summed E-state index contributed by atoms with van der Waals surface area (Å²) in [6.07, 6.45) is 1.04. The smallest absolute Gasteiger partial charge is 0.182 e. The van der Waals surface area contributed by atoms with Gasteiger partial charge >= 0.3 is 0 Å². The highest BCUT2D eigenvalue weighted by atomic mass is 32.1. The third-order valence-electron chi connectivity index (χ3n) is 5.35. The lowest BCUT2D eigenvalue weighted by molar-refractivity contribution is 0.328. The molecule has 26 heavy (non-hydrogen) atoms. The molecule has 0 radical (unpaired) electrons. The summed E-state index contributed by atoms with van der Waals surface area (Å²) in [4.78, 5) is 4.56. The summed E-state index contributed by atoms with van der Waals surface area (Å²) < 4.78 is 5.50. The highest BCUT2D eigenvalue weighted by molar-refractivity contribution is 7.13. The Balaban J connectivity index is 1.70. The summed E-state index contributed by atoms with van der Waals surface area (Å²) >= 11 is 1.68. The van der Waals surface area contributed by atoms with Crippen LogP contribution in [0.3, 0.4) is 0 Å². The van der Waals surface area contributed by atoms with E-state index in [1.807, 2.05) is 6.92 Å². The van der Waals surface area contributed by atoms with Crippen LogP contribution in [0.25, 0.3) is 0 Å². The van der Waals surface area contributed by atoms with Gasteiger partial charge in [-0.15, -0.1) is 11.3 Å². The van der Waals surface area contributed by atoms with Crippen molar-refractivity contribution in [2.75, 3.05) is 19.0 Å². The van der Waals surface area contributed by atoms with E-state index in [0.29, 0.717) is 5.92 Å². The van der Waals surface area contributed by atoms with Crippen LogP contribution in [0.2, 0.25) is 0 Å². The molecule has 1 heterocycles. The molecule has 2 atom stereocenters. The van der Waals surface area contributed by atoms with Gasteiger partial charge in [-0.3, -0.25) is 0 Å². The highest BCUT2D eigenvalue weighted by Gasteiger charge is 2.43. The number of nitrogens with one attached hydrogen (secondary N) is 1. The van der Waals surface area contributed by atoms with Crippen LogP contribution in [0.5, 0.6) is 5.75 Å². The summed E-state index contributed by atoms with van der Waals surface area (Å²) in [5, 5.41) is 6.68. The zero-order valence-electron chi connectivity index (χ0n) is 15.5. The lowest BCUT2D eigenvalue weighted by Gasteiger charge is -2.33. The van der Waals surface area contributed by atoms with Gasteiger partial charge in [0.1, 0.15) is 5.75 Å². The predicted octanol–water partition coefficient (Wildman–Crippen LogP) is 5.27. The van der Waals surface area contributed by atoms with E-state index in [4.69, 9.17) is 4.74 Å². The average molecular weight is 365 g/mol. The van der Waals surface area contributed by atoms with Crippen LogP contribution in [0.1, 0.15) is 35.2 Å². The second-order valence-corrected chi connectivity index (χ2v) is 8.24. The van der Waals surface area contributed by atoms with E-state index in [-0.39, 0.29) is 5.41 Å². The molecule has 0 unspecified atom stereocenters. The number of hydrogen-bond donors (Lipinski definition) is 1. The Hall–Kier alpha value is -2.33. The Morgan fingerprint density at radius 1 is 1.23 bits per heavy atom. The summed E-state index contributed by atoms with van der Waals surface area (Å²) in [6, 6.07) is 17.3. The van der Waals surface area contributed by atoms with Gasteiger partial charge in [0.2, 0.25) is 0 Å². The predicted molar refractivity (Wildman–Crippen MR) is 108 cm³/mol. The largest absolute Gasteiger partial charge is 0.497 e. The van der Waals surface area contributed by atoms with Crippen molar-refractivity contribution in [3.63, 3.8) is 0 Å². The second kappa shape index (κ2) is 6.76.